The molecule has 2 aliphatic heterocycles. The number of halogens is 3. The number of nitrogens with one attached hydrogen (secondary N) is 1. The van der Waals surface area contributed by atoms with Gasteiger partial charge in [-0.05, 0) is 60.9 Å². The molecule has 0 radical (unpaired) electrons. The van der Waals surface area contributed by atoms with Crippen LogP contribution in [0, 0.1) is 5.92 Å². The van der Waals surface area contributed by atoms with E-state index >= 15 is 0 Å². The standard InChI is InChI=1S/C28H31F3N6/c1-18-36(16-25-24(28(29,30)31)12-19(15-37(18)25)14-32-22-9-5-10-22)23-11-4-8-21(13-23)26(20-6-3-7-20)27-34-33-17-35(27)2/h4,8,11-13,15-17,20,22,26,32H,1,3,5-7,9-10,14H2,2H3. The highest BCUT2D eigenvalue weighted by molar-refractivity contribution is 5.64. The molecule has 2 fully saturated rings. The maximum Gasteiger partial charge on any atom is 0.418 e. The molecule has 6 rings (SSSR count). The summed E-state index contributed by atoms with van der Waals surface area (Å²) in [6, 6.07) is 8.39. The third kappa shape index (κ3) is 4.39. The minimum absolute atomic E-state index is 0.0852. The molecule has 6 nitrogen and oxygen atoms in total. The van der Waals surface area contributed by atoms with Crippen molar-refractivity contribution in [2.75, 3.05) is 11.4 Å². The second-order valence-electron chi connectivity index (χ2n) is 10.5. The number of hydrogen-bond donors (Lipinski definition) is 1. The maximum atomic E-state index is 14.1. The van der Waals surface area contributed by atoms with Gasteiger partial charge in [-0.1, -0.05) is 31.6 Å². The zero-order chi connectivity index (χ0) is 25.7. The van der Waals surface area contributed by atoms with Gasteiger partial charge in [0.15, 0.2) is 0 Å². The molecular formula is C28H31F3N6. The summed E-state index contributed by atoms with van der Waals surface area (Å²) in [5.74, 6) is 1.94. The molecule has 0 amide bonds. The van der Waals surface area contributed by atoms with Gasteiger partial charge in [-0.2, -0.15) is 13.2 Å². The number of alkyl halides is 3. The van der Waals surface area contributed by atoms with Gasteiger partial charge < -0.3 is 19.7 Å². The normalized spacial score (nSPS) is 21.2. The van der Waals surface area contributed by atoms with Crippen LogP contribution in [0.1, 0.15) is 55.8 Å². The second-order valence-corrected chi connectivity index (χ2v) is 10.5. The number of anilines is 1. The summed E-state index contributed by atoms with van der Waals surface area (Å²) in [5, 5.41) is 11.9. The molecule has 1 aromatic carbocycles. The van der Waals surface area contributed by atoms with Crippen molar-refractivity contribution in [2.24, 2.45) is 13.0 Å². The van der Waals surface area contributed by atoms with E-state index in [1.165, 1.54) is 18.9 Å². The summed E-state index contributed by atoms with van der Waals surface area (Å²) < 4.78 is 44.4. The van der Waals surface area contributed by atoms with Crippen molar-refractivity contribution in [3.63, 3.8) is 0 Å². The molecule has 2 aromatic rings. The monoisotopic (exact) mass is 508 g/mol. The summed E-state index contributed by atoms with van der Waals surface area (Å²) >= 11 is 0. The van der Waals surface area contributed by atoms with E-state index in [4.69, 9.17) is 0 Å². The third-order valence-electron chi connectivity index (χ3n) is 8.13. The van der Waals surface area contributed by atoms with Crippen molar-refractivity contribution in [1.29, 1.82) is 0 Å². The molecule has 1 N–H and O–H groups in total. The minimum Gasteiger partial charge on any atom is -0.320 e. The van der Waals surface area contributed by atoms with Crippen LogP contribution in [0.25, 0.3) is 0 Å². The molecule has 2 saturated carbocycles. The van der Waals surface area contributed by atoms with Gasteiger partial charge in [0.2, 0.25) is 0 Å². The van der Waals surface area contributed by atoms with Crippen LogP contribution in [-0.4, -0.2) is 38.4 Å². The Labute approximate surface area is 214 Å². The molecule has 194 valence electrons. The Morgan fingerprint density at radius 1 is 1.11 bits per heavy atom. The summed E-state index contributed by atoms with van der Waals surface area (Å²) in [6.07, 6.45) is 8.59. The molecule has 3 heterocycles. The summed E-state index contributed by atoms with van der Waals surface area (Å²) in [4.78, 5) is 3.32. The SMILES string of the molecule is C=C1N2C=C(CNC3CCC3)C=C(C(F)(F)F)C2=CN1c1cccc(C(c2nncn2C)C2CCC2)c1. The van der Waals surface area contributed by atoms with Gasteiger partial charge in [0.25, 0.3) is 0 Å². The summed E-state index contributed by atoms with van der Waals surface area (Å²) in [5.41, 5.74) is 1.91. The first kappa shape index (κ1) is 24.0. The highest BCUT2D eigenvalue weighted by Gasteiger charge is 2.43. The maximum absolute atomic E-state index is 14.1. The number of hydrogen-bond acceptors (Lipinski definition) is 5. The Kier molecular flexibility index (Phi) is 5.98. The lowest BCUT2D eigenvalue weighted by atomic mass is 9.72. The largest absolute Gasteiger partial charge is 0.418 e. The van der Waals surface area contributed by atoms with Crippen LogP contribution in [0.4, 0.5) is 18.9 Å². The van der Waals surface area contributed by atoms with E-state index in [0.29, 0.717) is 29.9 Å². The molecule has 0 bridgehead atoms. The second kappa shape index (κ2) is 9.20. The molecule has 1 unspecified atom stereocenters. The van der Waals surface area contributed by atoms with Crippen molar-refractivity contribution in [2.45, 2.75) is 56.7 Å². The fraction of sp³-hybridized carbons (Fsp3) is 0.429. The third-order valence-corrected chi connectivity index (χ3v) is 8.13. The topological polar surface area (TPSA) is 49.2 Å². The number of fused-ring (bicyclic) bond motifs is 1. The van der Waals surface area contributed by atoms with Crippen LogP contribution in [0.2, 0.25) is 0 Å². The number of rotatable bonds is 7. The van der Waals surface area contributed by atoms with Crippen LogP contribution < -0.4 is 10.2 Å². The number of allylic oxidation sites excluding steroid dienone is 1. The van der Waals surface area contributed by atoms with Crippen LogP contribution >= 0.6 is 0 Å². The van der Waals surface area contributed by atoms with Crippen molar-refractivity contribution in [3.05, 3.63) is 89.7 Å². The Morgan fingerprint density at radius 3 is 2.51 bits per heavy atom. The van der Waals surface area contributed by atoms with Crippen LogP contribution in [0.3, 0.4) is 0 Å². The molecule has 4 aliphatic rings. The fourth-order valence-electron chi connectivity index (χ4n) is 5.59. The van der Waals surface area contributed by atoms with Gasteiger partial charge in [0.05, 0.1) is 11.3 Å². The van der Waals surface area contributed by atoms with Gasteiger partial charge in [-0.25, -0.2) is 0 Å². The Hall–Kier alpha value is -3.33. The molecule has 1 atom stereocenters. The zero-order valence-corrected chi connectivity index (χ0v) is 20.9. The summed E-state index contributed by atoms with van der Waals surface area (Å²) in [6.45, 7) is 4.58. The number of benzene rings is 1. The Morgan fingerprint density at radius 2 is 1.89 bits per heavy atom. The molecule has 9 heteroatoms. The van der Waals surface area contributed by atoms with E-state index in [1.807, 2.05) is 23.7 Å². The van der Waals surface area contributed by atoms with E-state index in [2.05, 4.69) is 34.2 Å². The minimum atomic E-state index is -4.47. The van der Waals surface area contributed by atoms with E-state index in [1.54, 1.807) is 28.5 Å². The van der Waals surface area contributed by atoms with Crippen molar-refractivity contribution in [3.8, 4) is 0 Å². The average molecular weight is 509 g/mol. The van der Waals surface area contributed by atoms with E-state index in [-0.39, 0.29) is 11.6 Å². The highest BCUT2D eigenvalue weighted by atomic mass is 19.4. The predicted octanol–water partition coefficient (Wildman–Crippen LogP) is 5.71. The van der Waals surface area contributed by atoms with E-state index < -0.39 is 11.7 Å². The van der Waals surface area contributed by atoms with E-state index in [9.17, 15) is 13.2 Å². The van der Waals surface area contributed by atoms with Gasteiger partial charge in [0.1, 0.15) is 18.0 Å². The quantitative estimate of drug-likeness (QED) is 0.519. The summed E-state index contributed by atoms with van der Waals surface area (Å²) in [7, 11) is 1.95. The van der Waals surface area contributed by atoms with E-state index in [0.717, 1.165) is 42.8 Å². The number of nitrogens with zero attached hydrogens (tertiary/aromatic N) is 5. The first-order chi connectivity index (χ1) is 17.8. The molecule has 0 saturated heterocycles. The van der Waals surface area contributed by atoms with Crippen LogP contribution in [-0.2, 0) is 7.05 Å². The van der Waals surface area contributed by atoms with Crippen LogP contribution in [0.15, 0.2) is 78.3 Å². The first-order valence-corrected chi connectivity index (χ1v) is 13.0. The highest BCUT2D eigenvalue weighted by Crippen LogP contribution is 2.46. The Bertz CT molecular complexity index is 1290. The van der Waals surface area contributed by atoms with Gasteiger partial charge in [0, 0.05) is 43.6 Å². The fourth-order valence-corrected chi connectivity index (χ4v) is 5.59. The molecule has 1 aromatic heterocycles. The van der Waals surface area contributed by atoms with Gasteiger partial charge in [-0.3, -0.25) is 0 Å². The Balaban J connectivity index is 1.32. The van der Waals surface area contributed by atoms with Crippen molar-refractivity contribution < 1.29 is 13.2 Å². The first-order valence-electron chi connectivity index (χ1n) is 13.0. The molecule has 2 aliphatic carbocycles. The number of aromatic nitrogens is 3. The zero-order valence-electron chi connectivity index (χ0n) is 20.9. The molecular weight excluding hydrogens is 477 g/mol. The smallest absolute Gasteiger partial charge is 0.320 e. The number of aryl methyl sites for hydroxylation is 1. The van der Waals surface area contributed by atoms with Crippen molar-refractivity contribution in [1.82, 2.24) is 25.0 Å². The average Bonchev–Trinajstić information content (AvgIpc) is 3.37. The lowest BCUT2D eigenvalue weighted by molar-refractivity contribution is -0.0909. The van der Waals surface area contributed by atoms with Crippen LogP contribution in [0.5, 0.6) is 0 Å². The van der Waals surface area contributed by atoms with Crippen molar-refractivity contribution >= 4 is 5.69 Å². The van der Waals surface area contributed by atoms with Gasteiger partial charge in [-0.15, -0.1) is 10.2 Å². The lowest BCUT2D eigenvalue weighted by Gasteiger charge is -2.34. The molecule has 0 spiro atoms. The lowest BCUT2D eigenvalue weighted by Crippen LogP contribution is -2.37. The molecule has 37 heavy (non-hydrogen) atoms. The predicted molar refractivity (Wildman–Crippen MR) is 136 cm³/mol. The van der Waals surface area contributed by atoms with Gasteiger partial charge >= 0.3 is 6.18 Å².